The van der Waals surface area contributed by atoms with Crippen molar-refractivity contribution in [3.05, 3.63) is 18.0 Å². The SMILES string of the molecule is CCCNc1nc(NCc2ccnn2C)nc(OC)n1. The van der Waals surface area contributed by atoms with Crippen LogP contribution >= 0.6 is 0 Å². The summed E-state index contributed by atoms with van der Waals surface area (Å²) < 4.78 is 6.87. The van der Waals surface area contributed by atoms with Crippen LogP contribution in [-0.4, -0.2) is 38.4 Å². The molecule has 0 spiro atoms. The van der Waals surface area contributed by atoms with Crippen LogP contribution in [0.25, 0.3) is 0 Å². The predicted molar refractivity (Wildman–Crippen MR) is 75.7 cm³/mol. The fourth-order valence-electron chi connectivity index (χ4n) is 1.59. The number of methoxy groups -OCH3 is 1. The van der Waals surface area contributed by atoms with E-state index in [4.69, 9.17) is 4.74 Å². The first-order valence-electron chi connectivity index (χ1n) is 6.47. The summed E-state index contributed by atoms with van der Waals surface area (Å²) in [6.07, 6.45) is 2.74. The largest absolute Gasteiger partial charge is 0.467 e. The second-order valence-electron chi connectivity index (χ2n) is 4.20. The highest BCUT2D eigenvalue weighted by Gasteiger charge is 2.07. The van der Waals surface area contributed by atoms with E-state index >= 15 is 0 Å². The zero-order chi connectivity index (χ0) is 14.4. The van der Waals surface area contributed by atoms with Crippen molar-refractivity contribution in [2.75, 3.05) is 24.3 Å². The molecule has 8 nitrogen and oxygen atoms in total. The van der Waals surface area contributed by atoms with Crippen LogP contribution in [0.4, 0.5) is 11.9 Å². The maximum Gasteiger partial charge on any atom is 0.322 e. The van der Waals surface area contributed by atoms with Gasteiger partial charge in [0.2, 0.25) is 11.9 Å². The smallest absolute Gasteiger partial charge is 0.322 e. The minimum absolute atomic E-state index is 0.283. The lowest BCUT2D eigenvalue weighted by Crippen LogP contribution is -2.12. The van der Waals surface area contributed by atoms with Gasteiger partial charge in [0.1, 0.15) is 0 Å². The molecule has 0 aliphatic heterocycles. The average molecular weight is 277 g/mol. The molecule has 0 aliphatic rings. The maximum absolute atomic E-state index is 5.08. The van der Waals surface area contributed by atoms with Gasteiger partial charge in [-0.05, 0) is 12.5 Å². The van der Waals surface area contributed by atoms with Crippen molar-refractivity contribution >= 4 is 11.9 Å². The number of nitrogens with zero attached hydrogens (tertiary/aromatic N) is 5. The molecule has 8 heteroatoms. The van der Waals surface area contributed by atoms with Gasteiger partial charge in [0, 0.05) is 19.8 Å². The van der Waals surface area contributed by atoms with E-state index in [1.54, 1.807) is 10.9 Å². The van der Waals surface area contributed by atoms with E-state index in [0.717, 1.165) is 18.7 Å². The quantitative estimate of drug-likeness (QED) is 0.781. The van der Waals surface area contributed by atoms with E-state index in [0.29, 0.717) is 18.4 Å². The summed E-state index contributed by atoms with van der Waals surface area (Å²) in [6.45, 7) is 3.46. The van der Waals surface area contributed by atoms with Gasteiger partial charge in [0.05, 0.1) is 19.3 Å². The average Bonchev–Trinajstić information content (AvgIpc) is 2.88. The van der Waals surface area contributed by atoms with Crippen LogP contribution < -0.4 is 15.4 Å². The van der Waals surface area contributed by atoms with Crippen LogP contribution in [0.3, 0.4) is 0 Å². The number of nitrogens with one attached hydrogen (secondary N) is 2. The van der Waals surface area contributed by atoms with E-state index in [-0.39, 0.29) is 6.01 Å². The van der Waals surface area contributed by atoms with Gasteiger partial charge in [-0.3, -0.25) is 4.68 Å². The first-order chi connectivity index (χ1) is 9.72. The monoisotopic (exact) mass is 277 g/mol. The standard InChI is InChI=1S/C12H19N7O/c1-4-6-13-10-16-11(18-12(17-10)20-3)14-8-9-5-7-15-19(9)2/h5,7H,4,6,8H2,1-3H3,(H2,13,14,16,17,18). The molecule has 0 amide bonds. The molecule has 0 atom stereocenters. The Hall–Kier alpha value is -2.38. The molecule has 0 saturated carbocycles. The van der Waals surface area contributed by atoms with Crippen LogP contribution in [0.1, 0.15) is 19.0 Å². The molecule has 0 aromatic carbocycles. The number of rotatable bonds is 7. The summed E-state index contributed by atoms with van der Waals surface area (Å²) in [5.74, 6) is 0.975. The first kappa shape index (κ1) is 14.0. The number of ether oxygens (including phenoxy) is 1. The van der Waals surface area contributed by atoms with Crippen LogP contribution in [0.5, 0.6) is 6.01 Å². The molecule has 0 fully saturated rings. The van der Waals surface area contributed by atoms with Crippen molar-refractivity contribution in [1.82, 2.24) is 24.7 Å². The van der Waals surface area contributed by atoms with Crippen LogP contribution in [0, 0.1) is 0 Å². The van der Waals surface area contributed by atoms with Crippen molar-refractivity contribution in [1.29, 1.82) is 0 Å². The molecule has 0 radical (unpaired) electrons. The van der Waals surface area contributed by atoms with E-state index in [1.165, 1.54) is 7.11 Å². The van der Waals surface area contributed by atoms with Gasteiger partial charge >= 0.3 is 6.01 Å². The predicted octanol–water partition coefficient (Wildman–Crippen LogP) is 1.05. The minimum atomic E-state index is 0.283. The number of aromatic nitrogens is 5. The summed E-state index contributed by atoms with van der Waals surface area (Å²) in [6, 6.07) is 2.22. The second-order valence-corrected chi connectivity index (χ2v) is 4.20. The van der Waals surface area contributed by atoms with Gasteiger partial charge in [-0.15, -0.1) is 0 Å². The minimum Gasteiger partial charge on any atom is -0.467 e. The van der Waals surface area contributed by atoms with Crippen molar-refractivity contribution in [3.63, 3.8) is 0 Å². The Morgan fingerprint density at radius 3 is 2.55 bits per heavy atom. The third-order valence-corrected chi connectivity index (χ3v) is 2.68. The maximum atomic E-state index is 5.08. The molecule has 2 aromatic heterocycles. The van der Waals surface area contributed by atoms with Gasteiger partial charge < -0.3 is 15.4 Å². The molecule has 2 N–H and O–H groups in total. The molecule has 0 bridgehead atoms. The number of anilines is 2. The molecule has 0 aliphatic carbocycles. The molecule has 0 saturated heterocycles. The van der Waals surface area contributed by atoms with Gasteiger partial charge in [-0.2, -0.15) is 20.1 Å². The Balaban J connectivity index is 2.07. The lowest BCUT2D eigenvalue weighted by atomic mass is 10.4. The molecular formula is C12H19N7O. The first-order valence-corrected chi connectivity index (χ1v) is 6.47. The van der Waals surface area contributed by atoms with Gasteiger partial charge in [-0.1, -0.05) is 6.92 Å². The second kappa shape index (κ2) is 6.69. The summed E-state index contributed by atoms with van der Waals surface area (Å²) in [5.41, 5.74) is 1.03. The van der Waals surface area contributed by atoms with E-state index in [1.807, 2.05) is 13.1 Å². The van der Waals surface area contributed by atoms with Crippen LogP contribution in [0.15, 0.2) is 12.3 Å². The molecule has 2 aromatic rings. The van der Waals surface area contributed by atoms with Crippen LogP contribution in [-0.2, 0) is 13.6 Å². The lowest BCUT2D eigenvalue weighted by Gasteiger charge is -2.09. The van der Waals surface area contributed by atoms with Gasteiger partial charge in [0.25, 0.3) is 0 Å². The highest BCUT2D eigenvalue weighted by atomic mass is 16.5. The molecule has 108 valence electrons. The third kappa shape index (κ3) is 3.56. The summed E-state index contributed by atoms with van der Waals surface area (Å²) >= 11 is 0. The van der Waals surface area contributed by atoms with E-state index in [2.05, 4.69) is 37.6 Å². The molecule has 2 rings (SSSR count). The fraction of sp³-hybridized carbons (Fsp3) is 0.500. The van der Waals surface area contributed by atoms with E-state index in [9.17, 15) is 0 Å². The zero-order valence-electron chi connectivity index (χ0n) is 11.9. The third-order valence-electron chi connectivity index (χ3n) is 2.68. The summed E-state index contributed by atoms with van der Waals surface area (Å²) in [5, 5.41) is 10.4. The summed E-state index contributed by atoms with van der Waals surface area (Å²) in [7, 11) is 3.42. The number of aryl methyl sites for hydroxylation is 1. The summed E-state index contributed by atoms with van der Waals surface area (Å²) in [4.78, 5) is 12.6. The Labute approximate surface area is 117 Å². The zero-order valence-corrected chi connectivity index (χ0v) is 11.9. The highest BCUT2D eigenvalue weighted by Crippen LogP contribution is 2.11. The number of hydrogen-bond donors (Lipinski definition) is 2. The van der Waals surface area contributed by atoms with Crippen molar-refractivity contribution in [3.8, 4) is 6.01 Å². The Kier molecular flexibility index (Phi) is 4.70. The lowest BCUT2D eigenvalue weighted by molar-refractivity contribution is 0.379. The number of hydrogen-bond acceptors (Lipinski definition) is 7. The molecule has 20 heavy (non-hydrogen) atoms. The molecular weight excluding hydrogens is 258 g/mol. The molecule has 0 unspecified atom stereocenters. The fourth-order valence-corrected chi connectivity index (χ4v) is 1.59. The normalized spacial score (nSPS) is 10.3. The van der Waals surface area contributed by atoms with E-state index < -0.39 is 0 Å². The Bertz CT molecular complexity index is 554. The Morgan fingerprint density at radius 2 is 1.95 bits per heavy atom. The van der Waals surface area contributed by atoms with Gasteiger partial charge in [-0.25, -0.2) is 0 Å². The van der Waals surface area contributed by atoms with Gasteiger partial charge in [0.15, 0.2) is 0 Å². The Morgan fingerprint density at radius 1 is 1.20 bits per heavy atom. The van der Waals surface area contributed by atoms with Crippen LogP contribution in [0.2, 0.25) is 0 Å². The highest BCUT2D eigenvalue weighted by molar-refractivity contribution is 5.36. The molecule has 2 heterocycles. The van der Waals surface area contributed by atoms with Crippen molar-refractivity contribution < 1.29 is 4.74 Å². The topological polar surface area (TPSA) is 89.8 Å². The van der Waals surface area contributed by atoms with Crippen molar-refractivity contribution in [2.24, 2.45) is 7.05 Å². The van der Waals surface area contributed by atoms with Crippen molar-refractivity contribution in [2.45, 2.75) is 19.9 Å².